The lowest BCUT2D eigenvalue weighted by atomic mass is 10.1. The summed E-state index contributed by atoms with van der Waals surface area (Å²) in [5, 5.41) is 12.4. The van der Waals surface area contributed by atoms with Crippen molar-refractivity contribution in [2.75, 3.05) is 20.4 Å². The quantitative estimate of drug-likeness (QED) is 0.634. The summed E-state index contributed by atoms with van der Waals surface area (Å²) >= 11 is 1.38. The lowest BCUT2D eigenvalue weighted by molar-refractivity contribution is 0.230. The molecule has 1 unspecified atom stereocenters. The van der Waals surface area contributed by atoms with Crippen LogP contribution in [0.15, 0.2) is 39.8 Å². The Morgan fingerprint density at radius 3 is 2.67 bits per heavy atom. The predicted molar refractivity (Wildman–Crippen MR) is 97.0 cm³/mol. The lowest BCUT2D eigenvalue weighted by Crippen LogP contribution is -2.21. The maximum absolute atomic E-state index is 7.87. The van der Waals surface area contributed by atoms with E-state index in [0.717, 1.165) is 17.0 Å². The molecule has 0 aliphatic heterocycles. The number of hydrogen-bond acceptors (Lipinski definition) is 7. The topological polar surface area (TPSA) is 80.7 Å². The van der Waals surface area contributed by atoms with Gasteiger partial charge in [0.25, 0.3) is 0 Å². The van der Waals surface area contributed by atoms with Gasteiger partial charge in [0, 0.05) is 18.7 Å². The van der Waals surface area contributed by atoms with Gasteiger partial charge in [-0.1, -0.05) is 5.16 Å². The Hall–Kier alpha value is -2.28. The van der Waals surface area contributed by atoms with Gasteiger partial charge >= 0.3 is 0 Å². The van der Waals surface area contributed by atoms with Crippen LogP contribution in [0.25, 0.3) is 11.3 Å². The summed E-state index contributed by atoms with van der Waals surface area (Å²) in [5.74, 6) is 1.73. The lowest BCUT2D eigenvalue weighted by Gasteiger charge is -2.14. The smallest absolute Gasteiger partial charge is 0.193 e. The number of aliphatic imine (C=N–C) groups is 1. The highest BCUT2D eigenvalue weighted by Gasteiger charge is 2.17. The van der Waals surface area contributed by atoms with Crippen LogP contribution in [0.4, 0.5) is 0 Å². The van der Waals surface area contributed by atoms with E-state index in [1.807, 2.05) is 43.5 Å². The number of nitrogens with zero attached hydrogens (tertiary/aromatic N) is 2. The van der Waals surface area contributed by atoms with E-state index in [2.05, 4.69) is 10.1 Å². The van der Waals surface area contributed by atoms with Gasteiger partial charge in [0.05, 0.1) is 18.1 Å². The van der Waals surface area contributed by atoms with Crippen molar-refractivity contribution >= 4 is 22.7 Å². The Kier molecular flexibility index (Phi) is 6.43. The molecule has 1 N–H and O–H groups in total. The Labute approximate surface area is 145 Å². The molecule has 0 radical (unpaired) electrons. The average Bonchev–Trinajstić information content (AvgIpc) is 3.10. The first-order chi connectivity index (χ1) is 11.6. The van der Waals surface area contributed by atoms with Crippen LogP contribution in [0, 0.1) is 11.3 Å². The Balaban J connectivity index is 2.01. The van der Waals surface area contributed by atoms with Gasteiger partial charge in [-0.25, -0.2) is 0 Å². The fourth-order valence-corrected chi connectivity index (χ4v) is 2.55. The monoisotopic (exact) mass is 347 g/mol. The van der Waals surface area contributed by atoms with Crippen LogP contribution >= 0.6 is 11.8 Å². The van der Waals surface area contributed by atoms with E-state index in [1.54, 1.807) is 14.2 Å². The van der Waals surface area contributed by atoms with E-state index < -0.39 is 0 Å². The second-order valence-electron chi connectivity index (χ2n) is 5.05. The van der Waals surface area contributed by atoms with Crippen LogP contribution in [0.1, 0.15) is 12.7 Å². The van der Waals surface area contributed by atoms with Gasteiger partial charge in [0.15, 0.2) is 18.3 Å². The number of nitrogens with one attached hydrogen (secondary N) is 1. The van der Waals surface area contributed by atoms with Crippen molar-refractivity contribution in [3.05, 3.63) is 36.1 Å². The summed E-state index contributed by atoms with van der Waals surface area (Å²) in [6.07, 6.45) is 1.86. The zero-order valence-electron chi connectivity index (χ0n) is 14.2. The summed E-state index contributed by atoms with van der Waals surface area (Å²) in [5.41, 5.74) is 1.67. The molecule has 0 aliphatic carbocycles. The highest BCUT2D eigenvalue weighted by molar-refractivity contribution is 8.13. The third-order valence-electron chi connectivity index (χ3n) is 3.51. The van der Waals surface area contributed by atoms with Gasteiger partial charge in [-0.3, -0.25) is 10.4 Å². The maximum Gasteiger partial charge on any atom is 0.193 e. The molecule has 7 heteroatoms. The zero-order valence-corrected chi connectivity index (χ0v) is 15.0. The molecule has 0 saturated carbocycles. The summed E-state index contributed by atoms with van der Waals surface area (Å²) in [6.45, 7) is 2.12. The molecule has 24 heavy (non-hydrogen) atoms. The fraction of sp³-hybridized carbons (Fsp3) is 0.353. The molecule has 0 bridgehead atoms. The predicted octanol–water partition coefficient (Wildman–Crippen LogP) is 3.87. The summed E-state index contributed by atoms with van der Waals surface area (Å²) < 4.78 is 16.1. The molecule has 0 fully saturated rings. The second kappa shape index (κ2) is 8.54. The number of rotatable bonds is 6. The van der Waals surface area contributed by atoms with Gasteiger partial charge in [-0.2, -0.15) is 0 Å². The molecular weight excluding hydrogens is 326 g/mol. The molecule has 2 rings (SSSR count). The highest BCUT2D eigenvalue weighted by atomic mass is 32.2. The SMILES string of the molecule is CN=C(OCc1cc(-c2ccc(OC)cc2)no1)C(C)C(=N)SC. The van der Waals surface area contributed by atoms with Gasteiger partial charge < -0.3 is 14.0 Å². The van der Waals surface area contributed by atoms with Crippen molar-refractivity contribution in [1.82, 2.24) is 5.16 Å². The molecule has 0 amide bonds. The number of methoxy groups -OCH3 is 1. The van der Waals surface area contributed by atoms with E-state index in [1.165, 1.54) is 11.8 Å². The van der Waals surface area contributed by atoms with Crippen LogP contribution < -0.4 is 4.74 Å². The number of benzene rings is 1. The first-order valence-corrected chi connectivity index (χ1v) is 8.63. The molecule has 2 aromatic rings. The van der Waals surface area contributed by atoms with Crippen LogP contribution in [-0.2, 0) is 11.3 Å². The minimum Gasteiger partial charge on any atom is -0.497 e. The largest absolute Gasteiger partial charge is 0.497 e. The molecule has 128 valence electrons. The van der Waals surface area contributed by atoms with E-state index in [0.29, 0.717) is 16.7 Å². The van der Waals surface area contributed by atoms with Crippen LogP contribution in [-0.4, -0.2) is 36.5 Å². The van der Waals surface area contributed by atoms with Crippen molar-refractivity contribution in [2.24, 2.45) is 10.9 Å². The number of aromatic nitrogens is 1. The molecule has 1 aromatic carbocycles. The van der Waals surface area contributed by atoms with Crippen molar-refractivity contribution in [1.29, 1.82) is 5.41 Å². The first-order valence-electron chi connectivity index (χ1n) is 7.41. The molecule has 0 saturated heterocycles. The Morgan fingerprint density at radius 1 is 1.38 bits per heavy atom. The molecule has 1 aromatic heterocycles. The van der Waals surface area contributed by atoms with Gasteiger partial charge in [-0.05, 0) is 37.4 Å². The zero-order chi connectivity index (χ0) is 17.5. The van der Waals surface area contributed by atoms with E-state index in [4.69, 9.17) is 19.4 Å². The van der Waals surface area contributed by atoms with Gasteiger partial charge in [0.1, 0.15) is 11.4 Å². The molecule has 0 aliphatic rings. The van der Waals surface area contributed by atoms with Crippen molar-refractivity contribution < 1.29 is 14.0 Å². The third-order valence-corrected chi connectivity index (χ3v) is 4.30. The number of thioether (sulfide) groups is 1. The van der Waals surface area contributed by atoms with Crippen LogP contribution in [0.2, 0.25) is 0 Å². The summed E-state index contributed by atoms with van der Waals surface area (Å²) in [4.78, 5) is 4.12. The first kappa shape index (κ1) is 18.1. The van der Waals surface area contributed by atoms with Gasteiger partial charge in [0.2, 0.25) is 0 Å². The van der Waals surface area contributed by atoms with Crippen molar-refractivity contribution in [3.63, 3.8) is 0 Å². The van der Waals surface area contributed by atoms with Crippen molar-refractivity contribution in [3.8, 4) is 17.0 Å². The minimum absolute atomic E-state index is 0.172. The summed E-state index contributed by atoms with van der Waals surface area (Å²) in [7, 11) is 3.29. The van der Waals surface area contributed by atoms with E-state index in [9.17, 15) is 0 Å². The Morgan fingerprint density at radius 2 is 2.08 bits per heavy atom. The van der Waals surface area contributed by atoms with E-state index >= 15 is 0 Å². The molecule has 6 nitrogen and oxygen atoms in total. The number of ether oxygens (including phenoxy) is 2. The average molecular weight is 347 g/mol. The van der Waals surface area contributed by atoms with Crippen LogP contribution in [0.5, 0.6) is 5.75 Å². The molecule has 1 heterocycles. The fourth-order valence-electron chi connectivity index (χ4n) is 2.10. The summed E-state index contributed by atoms with van der Waals surface area (Å²) in [6, 6.07) is 9.42. The van der Waals surface area contributed by atoms with Gasteiger partial charge in [-0.15, -0.1) is 11.8 Å². The Bertz CT molecular complexity index is 710. The standard InChI is InChI=1S/C17H21N3O3S/c1-11(16(18)24-4)17(19-2)22-10-14-9-15(20-23-14)12-5-7-13(21-3)8-6-12/h5-9,11,18H,10H2,1-4H3. The molecular formula is C17H21N3O3S. The maximum atomic E-state index is 7.87. The van der Waals surface area contributed by atoms with Crippen molar-refractivity contribution in [2.45, 2.75) is 13.5 Å². The van der Waals surface area contributed by atoms with Crippen LogP contribution in [0.3, 0.4) is 0 Å². The minimum atomic E-state index is -0.172. The normalized spacial score (nSPS) is 12.8. The highest BCUT2D eigenvalue weighted by Crippen LogP contribution is 2.22. The second-order valence-corrected chi connectivity index (χ2v) is 5.90. The molecule has 0 spiro atoms. The number of hydrogen-bond donors (Lipinski definition) is 1. The molecule has 1 atom stereocenters. The third kappa shape index (κ3) is 4.38. The van der Waals surface area contributed by atoms with E-state index in [-0.39, 0.29) is 12.5 Å².